The fourth-order valence-electron chi connectivity index (χ4n) is 2.94. The normalized spacial score (nSPS) is 17.4. The molecule has 4 nitrogen and oxygen atoms in total. The van der Waals surface area contributed by atoms with Crippen LogP contribution in [0.1, 0.15) is 30.3 Å². The van der Waals surface area contributed by atoms with Crippen LogP contribution in [-0.2, 0) is 0 Å². The van der Waals surface area contributed by atoms with Crippen molar-refractivity contribution in [1.82, 2.24) is 9.88 Å². The molecule has 1 N–H and O–H groups in total. The number of aromatic nitrogens is 1. The van der Waals surface area contributed by atoms with Gasteiger partial charge in [-0.3, -0.25) is 9.78 Å². The van der Waals surface area contributed by atoms with Crippen LogP contribution in [0.15, 0.2) is 30.5 Å². The van der Waals surface area contributed by atoms with Crippen molar-refractivity contribution in [2.45, 2.75) is 19.8 Å². The van der Waals surface area contributed by atoms with Crippen molar-refractivity contribution >= 4 is 17.3 Å². The molecule has 132 valence electrons. The summed E-state index contributed by atoms with van der Waals surface area (Å²) >= 11 is 0. The fraction of sp³-hybridized carbons (Fsp3) is 0.333. The summed E-state index contributed by atoms with van der Waals surface area (Å²) in [7, 11) is 0. The van der Waals surface area contributed by atoms with Gasteiger partial charge in [0.25, 0.3) is 5.91 Å². The molecule has 7 heteroatoms. The number of likely N-dealkylation sites (tertiary alicyclic amines) is 1. The number of rotatable bonds is 3. The molecule has 1 aromatic carbocycles. The highest BCUT2D eigenvalue weighted by atomic mass is 19.2. The van der Waals surface area contributed by atoms with E-state index < -0.39 is 17.5 Å². The van der Waals surface area contributed by atoms with Gasteiger partial charge in [-0.1, -0.05) is 6.92 Å². The van der Waals surface area contributed by atoms with Gasteiger partial charge in [-0.05, 0) is 43.0 Å². The molecule has 1 atom stereocenters. The molecule has 1 fully saturated rings. The second kappa shape index (κ2) is 7.13. The smallest absolute Gasteiger partial charge is 0.272 e. The van der Waals surface area contributed by atoms with Crippen molar-refractivity contribution in [3.8, 4) is 0 Å². The number of nitrogens with one attached hydrogen (secondary N) is 1. The Bertz CT molecular complexity index is 797. The van der Waals surface area contributed by atoms with Crippen LogP contribution in [0.3, 0.4) is 0 Å². The van der Waals surface area contributed by atoms with Crippen LogP contribution in [0, 0.1) is 23.4 Å². The Morgan fingerprint density at radius 1 is 1.24 bits per heavy atom. The maximum absolute atomic E-state index is 13.8. The van der Waals surface area contributed by atoms with Gasteiger partial charge in [0, 0.05) is 25.0 Å². The first-order valence-corrected chi connectivity index (χ1v) is 8.11. The minimum atomic E-state index is -1.54. The monoisotopic (exact) mass is 349 g/mol. The maximum atomic E-state index is 13.8. The van der Waals surface area contributed by atoms with Crippen molar-refractivity contribution in [1.29, 1.82) is 0 Å². The molecule has 1 unspecified atom stereocenters. The highest BCUT2D eigenvalue weighted by Gasteiger charge is 2.23. The third-order valence-corrected chi connectivity index (χ3v) is 4.24. The zero-order valence-electron chi connectivity index (χ0n) is 13.7. The predicted octanol–water partition coefficient (Wildman–Crippen LogP) is 4.11. The van der Waals surface area contributed by atoms with E-state index in [-0.39, 0.29) is 17.3 Å². The Labute approximate surface area is 143 Å². The molecule has 1 aliphatic heterocycles. The molecule has 0 spiro atoms. The lowest BCUT2D eigenvalue weighted by Crippen LogP contribution is -2.39. The van der Waals surface area contributed by atoms with Gasteiger partial charge >= 0.3 is 0 Å². The summed E-state index contributed by atoms with van der Waals surface area (Å²) in [5.41, 5.74) is 0.380. The first-order chi connectivity index (χ1) is 12.0. The van der Waals surface area contributed by atoms with Crippen molar-refractivity contribution < 1.29 is 18.0 Å². The Morgan fingerprint density at radius 2 is 2.04 bits per heavy atom. The van der Waals surface area contributed by atoms with Gasteiger partial charge in [-0.2, -0.15) is 0 Å². The number of halogens is 3. The molecule has 1 amide bonds. The van der Waals surface area contributed by atoms with E-state index in [1.165, 1.54) is 18.3 Å². The number of hydrogen-bond donors (Lipinski definition) is 1. The molecule has 0 radical (unpaired) electrons. The molecule has 1 saturated heterocycles. The molecular formula is C18H18F3N3O. The number of piperidine rings is 1. The minimum absolute atomic E-state index is 0.194. The molecule has 2 heterocycles. The third-order valence-electron chi connectivity index (χ3n) is 4.24. The fourth-order valence-corrected chi connectivity index (χ4v) is 2.94. The maximum Gasteiger partial charge on any atom is 0.272 e. The Morgan fingerprint density at radius 3 is 2.80 bits per heavy atom. The standard InChI is InChI=1S/C18H18F3N3O/c1-11-3-2-8-24(10-11)18(25)15-9-12(6-7-22-15)23-14-5-4-13(19)16(20)17(14)21/h4-7,9,11H,2-3,8,10H2,1H3,(H,22,23). The summed E-state index contributed by atoms with van der Waals surface area (Å²) in [4.78, 5) is 18.4. The zero-order valence-corrected chi connectivity index (χ0v) is 13.7. The molecule has 3 rings (SSSR count). The van der Waals surface area contributed by atoms with Crippen molar-refractivity contribution in [3.05, 3.63) is 53.6 Å². The molecule has 0 bridgehead atoms. The topological polar surface area (TPSA) is 45.2 Å². The summed E-state index contributed by atoms with van der Waals surface area (Å²) < 4.78 is 40.1. The van der Waals surface area contributed by atoms with E-state index in [9.17, 15) is 18.0 Å². The molecule has 25 heavy (non-hydrogen) atoms. The first kappa shape index (κ1) is 17.3. The van der Waals surface area contributed by atoms with Crippen LogP contribution < -0.4 is 5.32 Å². The number of carbonyl (C=O) groups excluding carboxylic acids is 1. The quantitative estimate of drug-likeness (QED) is 0.848. The zero-order chi connectivity index (χ0) is 18.0. The van der Waals surface area contributed by atoms with Crippen LogP contribution >= 0.6 is 0 Å². The van der Waals surface area contributed by atoms with E-state index in [0.29, 0.717) is 24.7 Å². The van der Waals surface area contributed by atoms with E-state index in [1.54, 1.807) is 4.90 Å². The summed E-state index contributed by atoms with van der Waals surface area (Å²) in [6, 6.07) is 4.93. The average Bonchev–Trinajstić information content (AvgIpc) is 2.62. The van der Waals surface area contributed by atoms with Crippen LogP contribution in [0.4, 0.5) is 24.5 Å². The minimum Gasteiger partial charge on any atom is -0.353 e. The van der Waals surface area contributed by atoms with E-state index in [2.05, 4.69) is 17.2 Å². The number of amides is 1. The van der Waals surface area contributed by atoms with Gasteiger partial charge < -0.3 is 10.2 Å². The third kappa shape index (κ3) is 3.75. The molecule has 1 aromatic heterocycles. The largest absolute Gasteiger partial charge is 0.353 e. The van der Waals surface area contributed by atoms with Gasteiger partial charge in [-0.15, -0.1) is 0 Å². The van der Waals surface area contributed by atoms with E-state index in [4.69, 9.17) is 0 Å². The number of pyridine rings is 1. The van der Waals surface area contributed by atoms with Crippen LogP contribution in [0.2, 0.25) is 0 Å². The summed E-state index contributed by atoms with van der Waals surface area (Å²) in [5.74, 6) is -3.86. The van der Waals surface area contributed by atoms with Gasteiger partial charge in [0.2, 0.25) is 0 Å². The Hall–Kier alpha value is -2.57. The van der Waals surface area contributed by atoms with Crippen molar-refractivity contribution in [2.75, 3.05) is 18.4 Å². The Kier molecular flexibility index (Phi) is 4.92. The van der Waals surface area contributed by atoms with Crippen molar-refractivity contribution in [2.24, 2.45) is 5.92 Å². The van der Waals surface area contributed by atoms with Crippen molar-refractivity contribution in [3.63, 3.8) is 0 Å². The number of anilines is 2. The number of carbonyl (C=O) groups is 1. The van der Waals surface area contributed by atoms with E-state index in [0.717, 1.165) is 25.0 Å². The second-order valence-electron chi connectivity index (χ2n) is 6.28. The van der Waals surface area contributed by atoms with Gasteiger partial charge in [0.1, 0.15) is 5.69 Å². The number of nitrogens with zero attached hydrogens (tertiary/aromatic N) is 2. The summed E-state index contributed by atoms with van der Waals surface area (Å²) in [5, 5.41) is 2.65. The highest BCUT2D eigenvalue weighted by Crippen LogP contribution is 2.24. The molecule has 2 aromatic rings. The predicted molar refractivity (Wildman–Crippen MR) is 88.1 cm³/mol. The summed E-state index contributed by atoms with van der Waals surface area (Å²) in [6.45, 7) is 3.45. The SMILES string of the molecule is CC1CCCN(C(=O)c2cc(Nc3ccc(F)c(F)c3F)ccn2)C1. The lowest BCUT2D eigenvalue weighted by atomic mass is 10.00. The van der Waals surface area contributed by atoms with Crippen LogP contribution in [0.5, 0.6) is 0 Å². The van der Waals surface area contributed by atoms with Gasteiger partial charge in [0.15, 0.2) is 17.5 Å². The number of benzene rings is 1. The van der Waals surface area contributed by atoms with Crippen LogP contribution in [-0.4, -0.2) is 28.9 Å². The Balaban J connectivity index is 1.80. The van der Waals surface area contributed by atoms with E-state index >= 15 is 0 Å². The summed E-state index contributed by atoms with van der Waals surface area (Å²) in [6.07, 6.45) is 3.46. The molecule has 0 aliphatic carbocycles. The van der Waals surface area contributed by atoms with Crippen LogP contribution in [0.25, 0.3) is 0 Å². The molecular weight excluding hydrogens is 331 g/mol. The lowest BCUT2D eigenvalue weighted by molar-refractivity contribution is 0.0677. The highest BCUT2D eigenvalue weighted by molar-refractivity contribution is 5.93. The first-order valence-electron chi connectivity index (χ1n) is 8.11. The van der Waals surface area contributed by atoms with Gasteiger partial charge in [-0.25, -0.2) is 13.2 Å². The van der Waals surface area contributed by atoms with Gasteiger partial charge in [0.05, 0.1) is 5.69 Å². The lowest BCUT2D eigenvalue weighted by Gasteiger charge is -2.30. The second-order valence-corrected chi connectivity index (χ2v) is 6.28. The molecule has 1 aliphatic rings. The average molecular weight is 349 g/mol. The molecule has 0 saturated carbocycles. The number of hydrogen-bond acceptors (Lipinski definition) is 3. The van der Waals surface area contributed by atoms with E-state index in [1.807, 2.05) is 0 Å².